The molecule has 0 saturated heterocycles. The third kappa shape index (κ3) is 4.58. The van der Waals surface area contributed by atoms with Gasteiger partial charge in [0.1, 0.15) is 0 Å². The number of carbonyl (C=O) groups is 1. The van der Waals surface area contributed by atoms with Crippen LogP contribution in [-0.4, -0.2) is 16.9 Å². The van der Waals surface area contributed by atoms with Crippen LogP contribution in [-0.2, 0) is 17.6 Å². The van der Waals surface area contributed by atoms with Crippen LogP contribution in [0.25, 0.3) is 0 Å². The largest absolute Gasteiger partial charge is 0.328 e. The number of rotatable bonds is 4. The van der Waals surface area contributed by atoms with Crippen molar-refractivity contribution in [1.82, 2.24) is 4.98 Å². The van der Waals surface area contributed by atoms with E-state index in [1.807, 2.05) is 6.92 Å². The zero-order valence-electron chi connectivity index (χ0n) is 11.6. The molecule has 0 radical (unpaired) electrons. The molecule has 1 atom stereocenters. The van der Waals surface area contributed by atoms with Crippen molar-refractivity contribution in [3.63, 3.8) is 0 Å². The Bertz CT molecular complexity index is 403. The SMILES string of the molecule is CC(N)CCC(=O)Nc1nc2c(s1)CCCCCC2. The molecular weight excluding hydrogens is 258 g/mol. The summed E-state index contributed by atoms with van der Waals surface area (Å²) >= 11 is 1.65. The normalized spacial score (nSPS) is 17.2. The molecule has 0 saturated carbocycles. The number of thiazole rings is 1. The Labute approximate surface area is 118 Å². The van der Waals surface area contributed by atoms with Crippen molar-refractivity contribution in [1.29, 1.82) is 0 Å². The van der Waals surface area contributed by atoms with Crippen LogP contribution in [0, 0.1) is 0 Å². The van der Waals surface area contributed by atoms with E-state index < -0.39 is 0 Å². The number of hydrogen-bond donors (Lipinski definition) is 2. The number of nitrogens with zero attached hydrogens (tertiary/aromatic N) is 1. The lowest BCUT2D eigenvalue weighted by Crippen LogP contribution is -2.19. The molecule has 19 heavy (non-hydrogen) atoms. The van der Waals surface area contributed by atoms with Crippen molar-refractivity contribution in [2.24, 2.45) is 5.73 Å². The summed E-state index contributed by atoms with van der Waals surface area (Å²) in [6, 6.07) is 0.0716. The first kappa shape index (κ1) is 14.5. The third-order valence-electron chi connectivity index (χ3n) is 3.42. The molecule has 2 rings (SSSR count). The highest BCUT2D eigenvalue weighted by Crippen LogP contribution is 2.28. The maximum absolute atomic E-state index is 11.8. The van der Waals surface area contributed by atoms with E-state index >= 15 is 0 Å². The topological polar surface area (TPSA) is 68.0 Å². The lowest BCUT2D eigenvalue weighted by atomic mass is 10.0. The van der Waals surface area contributed by atoms with Crippen LogP contribution in [0.2, 0.25) is 0 Å². The highest BCUT2D eigenvalue weighted by Gasteiger charge is 2.14. The Morgan fingerprint density at radius 1 is 1.37 bits per heavy atom. The van der Waals surface area contributed by atoms with Gasteiger partial charge in [0.25, 0.3) is 0 Å². The van der Waals surface area contributed by atoms with Crippen LogP contribution >= 0.6 is 11.3 Å². The van der Waals surface area contributed by atoms with Crippen molar-refractivity contribution >= 4 is 22.4 Å². The summed E-state index contributed by atoms with van der Waals surface area (Å²) in [5.74, 6) is 0.0269. The molecule has 3 N–H and O–H groups in total. The number of anilines is 1. The van der Waals surface area contributed by atoms with Gasteiger partial charge in [0.15, 0.2) is 5.13 Å². The number of carbonyl (C=O) groups excluding carboxylic acids is 1. The number of fused-ring (bicyclic) bond motifs is 1. The van der Waals surface area contributed by atoms with E-state index in [1.165, 1.54) is 36.3 Å². The van der Waals surface area contributed by atoms with Gasteiger partial charge in [-0.3, -0.25) is 4.79 Å². The van der Waals surface area contributed by atoms with E-state index in [0.717, 1.165) is 24.4 Å². The summed E-state index contributed by atoms with van der Waals surface area (Å²) in [5.41, 5.74) is 6.86. The second-order valence-corrected chi connectivity index (χ2v) is 6.45. The minimum absolute atomic E-state index is 0.0269. The number of amides is 1. The first-order valence-corrected chi connectivity index (χ1v) is 8.01. The average Bonchev–Trinajstić information content (AvgIpc) is 2.68. The van der Waals surface area contributed by atoms with Gasteiger partial charge in [0.2, 0.25) is 5.91 Å². The van der Waals surface area contributed by atoms with Gasteiger partial charge >= 0.3 is 0 Å². The second kappa shape index (κ2) is 7.01. The molecule has 0 aliphatic heterocycles. The van der Waals surface area contributed by atoms with E-state index in [4.69, 9.17) is 5.73 Å². The van der Waals surface area contributed by atoms with Crippen molar-refractivity contribution < 1.29 is 4.79 Å². The van der Waals surface area contributed by atoms with Crippen LogP contribution < -0.4 is 11.1 Å². The summed E-state index contributed by atoms with van der Waals surface area (Å²) in [4.78, 5) is 17.7. The van der Waals surface area contributed by atoms with Crippen molar-refractivity contribution in [3.8, 4) is 0 Å². The van der Waals surface area contributed by atoms with Gasteiger partial charge < -0.3 is 11.1 Å². The fraction of sp³-hybridized carbons (Fsp3) is 0.714. The predicted molar refractivity (Wildman–Crippen MR) is 79.5 cm³/mol. The molecule has 1 aromatic rings. The predicted octanol–water partition coefficient (Wildman–Crippen LogP) is 2.87. The third-order valence-corrected chi connectivity index (χ3v) is 4.49. The Morgan fingerprint density at radius 3 is 2.84 bits per heavy atom. The molecule has 1 aromatic heterocycles. The van der Waals surface area contributed by atoms with Crippen molar-refractivity contribution in [2.45, 2.75) is 64.3 Å². The van der Waals surface area contributed by atoms with Crippen LogP contribution in [0.1, 0.15) is 56.0 Å². The van der Waals surface area contributed by atoms with Crippen LogP contribution in [0.15, 0.2) is 0 Å². The number of nitrogens with two attached hydrogens (primary N) is 1. The van der Waals surface area contributed by atoms with Gasteiger partial charge in [-0.1, -0.05) is 12.8 Å². The van der Waals surface area contributed by atoms with Crippen molar-refractivity contribution in [2.75, 3.05) is 5.32 Å². The quantitative estimate of drug-likeness (QED) is 0.891. The molecule has 106 valence electrons. The summed E-state index contributed by atoms with van der Waals surface area (Å²) < 4.78 is 0. The molecule has 1 amide bonds. The van der Waals surface area contributed by atoms with E-state index in [-0.39, 0.29) is 11.9 Å². The molecule has 0 bridgehead atoms. The van der Waals surface area contributed by atoms with E-state index in [1.54, 1.807) is 11.3 Å². The minimum Gasteiger partial charge on any atom is -0.328 e. The molecule has 0 aromatic carbocycles. The number of hydrogen-bond acceptors (Lipinski definition) is 4. The zero-order chi connectivity index (χ0) is 13.7. The number of aromatic nitrogens is 1. The average molecular weight is 281 g/mol. The molecule has 1 heterocycles. The molecule has 1 unspecified atom stereocenters. The van der Waals surface area contributed by atoms with E-state index in [9.17, 15) is 4.79 Å². The van der Waals surface area contributed by atoms with Crippen LogP contribution in [0.3, 0.4) is 0 Å². The van der Waals surface area contributed by atoms with Crippen LogP contribution in [0.4, 0.5) is 5.13 Å². The Morgan fingerprint density at radius 2 is 2.11 bits per heavy atom. The van der Waals surface area contributed by atoms with Gasteiger partial charge in [-0.15, -0.1) is 11.3 Å². The highest BCUT2D eigenvalue weighted by molar-refractivity contribution is 7.15. The monoisotopic (exact) mass is 281 g/mol. The summed E-state index contributed by atoms with van der Waals surface area (Å²) in [5, 5.41) is 3.67. The molecule has 1 aliphatic carbocycles. The lowest BCUT2D eigenvalue weighted by Gasteiger charge is -2.06. The molecule has 5 heteroatoms. The smallest absolute Gasteiger partial charge is 0.226 e. The standard InChI is InChI=1S/C14H23N3OS/c1-10(15)8-9-13(18)17-14-16-11-6-4-2-3-5-7-12(11)19-14/h10H,2-9,15H2,1H3,(H,16,17,18). The van der Waals surface area contributed by atoms with Crippen molar-refractivity contribution in [3.05, 3.63) is 10.6 Å². The number of nitrogens with one attached hydrogen (secondary N) is 1. The second-order valence-electron chi connectivity index (χ2n) is 5.37. The summed E-state index contributed by atoms with van der Waals surface area (Å²) in [6.45, 7) is 1.92. The van der Waals surface area contributed by atoms with Gasteiger partial charge in [0, 0.05) is 17.3 Å². The molecule has 4 nitrogen and oxygen atoms in total. The minimum atomic E-state index is 0.0269. The van der Waals surface area contributed by atoms with E-state index in [0.29, 0.717) is 6.42 Å². The molecule has 0 fully saturated rings. The molecule has 1 aliphatic rings. The van der Waals surface area contributed by atoms with Gasteiger partial charge in [-0.05, 0) is 39.0 Å². The summed E-state index contributed by atoms with van der Waals surface area (Å²) in [6.07, 6.45) is 8.44. The van der Waals surface area contributed by atoms with Gasteiger partial charge in [-0.2, -0.15) is 0 Å². The Hall–Kier alpha value is -0.940. The molecular formula is C14H23N3OS. The van der Waals surface area contributed by atoms with E-state index in [2.05, 4.69) is 10.3 Å². The first-order valence-electron chi connectivity index (χ1n) is 7.19. The first-order chi connectivity index (χ1) is 9.15. The Kier molecular flexibility index (Phi) is 5.34. The zero-order valence-corrected chi connectivity index (χ0v) is 12.4. The highest BCUT2D eigenvalue weighted by atomic mass is 32.1. The number of aryl methyl sites for hydroxylation is 2. The Balaban J connectivity index is 1.93. The maximum atomic E-state index is 11.8. The fourth-order valence-electron chi connectivity index (χ4n) is 2.30. The molecule has 0 spiro atoms. The summed E-state index contributed by atoms with van der Waals surface area (Å²) in [7, 11) is 0. The maximum Gasteiger partial charge on any atom is 0.226 e. The van der Waals surface area contributed by atoms with Gasteiger partial charge in [-0.25, -0.2) is 4.98 Å². The van der Waals surface area contributed by atoms with Gasteiger partial charge in [0.05, 0.1) is 5.69 Å². The lowest BCUT2D eigenvalue weighted by molar-refractivity contribution is -0.116. The fourth-order valence-corrected chi connectivity index (χ4v) is 3.37. The van der Waals surface area contributed by atoms with Crippen LogP contribution in [0.5, 0.6) is 0 Å².